The summed E-state index contributed by atoms with van der Waals surface area (Å²) >= 11 is 0. The number of benzene rings is 1. The van der Waals surface area contributed by atoms with Gasteiger partial charge in [-0.25, -0.2) is 18.6 Å². The van der Waals surface area contributed by atoms with E-state index in [1.54, 1.807) is 18.3 Å². The molecule has 2 unspecified atom stereocenters. The number of piperidine rings is 1. The number of aromatic nitrogens is 2. The second kappa shape index (κ2) is 8.75. The Morgan fingerprint density at radius 1 is 1.09 bits per heavy atom. The lowest BCUT2D eigenvalue weighted by atomic mass is 9.98. The SMILES string of the molecule is O=C(O)c1ccc(N2C3CCC2CC(OCc2c(-c4c(F)cccc4F)c[nH]c2C2CC2)C3)nc1. The molecule has 2 N–H and O–H groups in total. The van der Waals surface area contributed by atoms with Crippen LogP contribution in [0.2, 0.25) is 0 Å². The van der Waals surface area contributed by atoms with E-state index in [-0.39, 0.29) is 29.3 Å². The van der Waals surface area contributed by atoms with E-state index in [0.29, 0.717) is 18.1 Å². The fourth-order valence-corrected chi connectivity index (χ4v) is 5.84. The van der Waals surface area contributed by atoms with Crippen LogP contribution in [0.1, 0.15) is 66.1 Å². The molecule has 2 aliphatic heterocycles. The van der Waals surface area contributed by atoms with Gasteiger partial charge in [0.2, 0.25) is 0 Å². The minimum Gasteiger partial charge on any atom is -0.478 e. The van der Waals surface area contributed by atoms with Gasteiger partial charge in [-0.05, 0) is 68.7 Å². The second-order valence-electron chi connectivity index (χ2n) is 9.87. The number of fused-ring (bicyclic) bond motifs is 2. The number of nitrogens with one attached hydrogen (secondary N) is 1. The van der Waals surface area contributed by atoms with Gasteiger partial charge in [-0.2, -0.15) is 0 Å². The molecule has 0 spiro atoms. The molecule has 8 heteroatoms. The molecule has 6 nitrogen and oxygen atoms in total. The number of halogens is 2. The van der Waals surface area contributed by atoms with E-state index in [1.807, 2.05) is 0 Å². The van der Waals surface area contributed by atoms with Crippen molar-refractivity contribution in [3.05, 3.63) is 71.2 Å². The molecule has 4 heterocycles. The van der Waals surface area contributed by atoms with Crippen LogP contribution in [0.4, 0.5) is 14.6 Å². The molecule has 6 rings (SSSR count). The molecule has 2 aromatic heterocycles. The summed E-state index contributed by atoms with van der Waals surface area (Å²) in [5.74, 6) is -0.917. The first-order valence-electron chi connectivity index (χ1n) is 12.2. The number of nitrogens with zero attached hydrogens (tertiary/aromatic N) is 2. The zero-order chi connectivity index (χ0) is 24.1. The van der Waals surface area contributed by atoms with Crippen molar-refractivity contribution in [3.63, 3.8) is 0 Å². The lowest BCUT2D eigenvalue weighted by Crippen LogP contribution is -2.46. The molecule has 3 aliphatic rings. The summed E-state index contributed by atoms with van der Waals surface area (Å²) in [6, 6.07) is 7.90. The number of hydrogen-bond donors (Lipinski definition) is 2. The fourth-order valence-electron chi connectivity index (χ4n) is 5.84. The normalized spacial score (nSPS) is 23.6. The van der Waals surface area contributed by atoms with E-state index in [4.69, 9.17) is 9.84 Å². The zero-order valence-corrected chi connectivity index (χ0v) is 19.2. The summed E-state index contributed by atoms with van der Waals surface area (Å²) in [5, 5.41) is 9.14. The van der Waals surface area contributed by atoms with Crippen molar-refractivity contribution in [2.24, 2.45) is 0 Å². The van der Waals surface area contributed by atoms with E-state index >= 15 is 0 Å². The molecule has 35 heavy (non-hydrogen) atoms. The van der Waals surface area contributed by atoms with Crippen LogP contribution >= 0.6 is 0 Å². The van der Waals surface area contributed by atoms with Crippen LogP contribution in [0.25, 0.3) is 11.1 Å². The summed E-state index contributed by atoms with van der Waals surface area (Å²) in [6.07, 6.45) is 9.07. The number of hydrogen-bond acceptors (Lipinski definition) is 4. The fraction of sp³-hybridized carbons (Fsp3) is 0.407. The molecular weight excluding hydrogens is 452 g/mol. The average Bonchev–Trinajstić information content (AvgIpc) is 3.55. The highest BCUT2D eigenvalue weighted by atomic mass is 19.1. The van der Waals surface area contributed by atoms with Crippen molar-refractivity contribution in [3.8, 4) is 11.1 Å². The van der Waals surface area contributed by atoms with Gasteiger partial charge in [0.15, 0.2) is 0 Å². The molecule has 0 radical (unpaired) electrons. The third kappa shape index (κ3) is 4.10. The maximum atomic E-state index is 14.6. The predicted octanol–water partition coefficient (Wildman–Crippen LogP) is 5.65. The van der Waals surface area contributed by atoms with E-state index in [0.717, 1.165) is 55.6 Å². The Hall–Kier alpha value is -3.26. The molecule has 1 aliphatic carbocycles. The van der Waals surface area contributed by atoms with Gasteiger partial charge in [0.05, 0.1) is 23.8 Å². The largest absolute Gasteiger partial charge is 0.478 e. The predicted molar refractivity (Wildman–Crippen MR) is 126 cm³/mol. The van der Waals surface area contributed by atoms with Crippen molar-refractivity contribution in [2.45, 2.75) is 69.2 Å². The van der Waals surface area contributed by atoms with Crippen molar-refractivity contribution in [1.82, 2.24) is 9.97 Å². The van der Waals surface area contributed by atoms with Crippen LogP contribution in [0, 0.1) is 11.6 Å². The Morgan fingerprint density at radius 3 is 2.40 bits per heavy atom. The molecule has 2 bridgehead atoms. The second-order valence-corrected chi connectivity index (χ2v) is 9.87. The molecule has 3 aromatic rings. The quantitative estimate of drug-likeness (QED) is 0.458. The average molecular weight is 480 g/mol. The monoisotopic (exact) mass is 479 g/mol. The van der Waals surface area contributed by atoms with Gasteiger partial charge in [0.1, 0.15) is 17.5 Å². The Bertz CT molecular complexity index is 1220. The summed E-state index contributed by atoms with van der Waals surface area (Å²) in [5.41, 5.74) is 2.62. The highest BCUT2D eigenvalue weighted by molar-refractivity contribution is 5.87. The van der Waals surface area contributed by atoms with Crippen molar-refractivity contribution in [1.29, 1.82) is 0 Å². The molecule has 2 atom stereocenters. The first kappa shape index (κ1) is 22.2. The first-order valence-corrected chi connectivity index (χ1v) is 12.2. The van der Waals surface area contributed by atoms with Crippen molar-refractivity contribution >= 4 is 11.8 Å². The Kier molecular flexibility index (Phi) is 5.56. The van der Waals surface area contributed by atoms with E-state index in [9.17, 15) is 13.6 Å². The summed E-state index contributed by atoms with van der Waals surface area (Å²) in [4.78, 5) is 21.1. The molecule has 0 amide bonds. The highest BCUT2D eigenvalue weighted by Crippen LogP contribution is 2.45. The molecule has 1 aromatic carbocycles. The smallest absolute Gasteiger partial charge is 0.337 e. The standard InChI is InChI=1S/C27H27F2N3O3/c28-22-2-1-3-23(29)25(22)20-13-31-26(15-4-5-15)21(20)14-35-19-10-17-7-8-18(11-19)32(17)24-9-6-16(12-30-24)27(33)34/h1-3,6,9,12-13,15,17-19,31H,4-5,7-8,10-11,14H2,(H,33,34). The molecular formula is C27H27F2N3O3. The molecule has 1 saturated carbocycles. The number of pyridine rings is 1. The maximum absolute atomic E-state index is 14.6. The van der Waals surface area contributed by atoms with Crippen LogP contribution in [0.5, 0.6) is 0 Å². The van der Waals surface area contributed by atoms with Gasteiger partial charge in [-0.15, -0.1) is 0 Å². The van der Waals surface area contributed by atoms with Crippen LogP contribution in [0.3, 0.4) is 0 Å². The van der Waals surface area contributed by atoms with E-state index < -0.39 is 17.6 Å². The number of aromatic amines is 1. The van der Waals surface area contributed by atoms with Gasteiger partial charge < -0.3 is 19.7 Å². The molecule has 2 saturated heterocycles. The summed E-state index contributed by atoms with van der Waals surface area (Å²) < 4.78 is 35.6. The number of carboxylic acid groups (broad SMARTS) is 1. The number of carbonyl (C=O) groups is 1. The van der Waals surface area contributed by atoms with Crippen LogP contribution in [0.15, 0.2) is 42.7 Å². The lowest BCUT2D eigenvalue weighted by Gasteiger charge is -2.39. The van der Waals surface area contributed by atoms with Gasteiger partial charge in [0, 0.05) is 41.3 Å². The topological polar surface area (TPSA) is 78.5 Å². The van der Waals surface area contributed by atoms with Gasteiger partial charge in [-0.3, -0.25) is 0 Å². The van der Waals surface area contributed by atoms with Gasteiger partial charge >= 0.3 is 5.97 Å². The molecule has 3 fully saturated rings. The number of aromatic carboxylic acids is 1. The minimum absolute atomic E-state index is 0.0000194. The minimum atomic E-state index is -0.982. The third-order valence-electron chi connectivity index (χ3n) is 7.65. The van der Waals surface area contributed by atoms with Crippen molar-refractivity contribution in [2.75, 3.05) is 4.90 Å². The van der Waals surface area contributed by atoms with Crippen molar-refractivity contribution < 1.29 is 23.4 Å². The summed E-state index contributed by atoms with van der Waals surface area (Å²) in [6.45, 7) is 0.314. The Labute approximate surface area is 201 Å². The molecule has 182 valence electrons. The lowest BCUT2D eigenvalue weighted by molar-refractivity contribution is 0.0149. The highest BCUT2D eigenvalue weighted by Gasteiger charge is 2.42. The van der Waals surface area contributed by atoms with Crippen LogP contribution in [-0.2, 0) is 11.3 Å². The third-order valence-corrected chi connectivity index (χ3v) is 7.65. The number of H-pyrrole nitrogens is 1. The van der Waals surface area contributed by atoms with Gasteiger partial charge in [0.25, 0.3) is 0 Å². The Morgan fingerprint density at radius 2 is 1.80 bits per heavy atom. The number of rotatable bonds is 7. The van der Waals surface area contributed by atoms with Crippen LogP contribution < -0.4 is 4.90 Å². The number of ether oxygens (including phenoxy) is 1. The summed E-state index contributed by atoms with van der Waals surface area (Å²) in [7, 11) is 0. The first-order chi connectivity index (χ1) is 17.0. The van der Waals surface area contributed by atoms with Crippen LogP contribution in [-0.4, -0.2) is 39.2 Å². The van der Waals surface area contributed by atoms with Gasteiger partial charge in [-0.1, -0.05) is 6.07 Å². The zero-order valence-electron chi connectivity index (χ0n) is 19.2. The Balaban J connectivity index is 1.19. The van der Waals surface area contributed by atoms with E-state index in [1.165, 1.54) is 24.4 Å². The number of anilines is 1. The maximum Gasteiger partial charge on any atom is 0.337 e. The number of carboxylic acids is 1. The van der Waals surface area contributed by atoms with E-state index in [2.05, 4.69) is 14.9 Å².